The third-order valence-corrected chi connectivity index (χ3v) is 2.70. The molecule has 6 nitrogen and oxygen atoms in total. The minimum Gasteiger partial charge on any atom is -0.348 e. The molecule has 0 aromatic carbocycles. The molecule has 2 aromatic rings. The number of anilines is 2. The van der Waals surface area contributed by atoms with Crippen molar-refractivity contribution in [3.05, 3.63) is 35.9 Å². The molecule has 1 N–H and O–H groups in total. The standard InChI is InChI=1S/C12H11F4N5O/c1-20(2)7(22)5-21-4-6(3-17-21)18-10-8(13)11(15)19-12(16)9(10)14/h3-4H,5H2,1-2H3,(H,18,19). The quantitative estimate of drug-likeness (QED) is 0.688. The molecule has 0 radical (unpaired) electrons. The van der Waals surface area contributed by atoms with E-state index >= 15 is 0 Å². The van der Waals surface area contributed by atoms with E-state index in [-0.39, 0.29) is 18.1 Å². The predicted molar refractivity (Wildman–Crippen MR) is 68.3 cm³/mol. The molecule has 0 saturated heterocycles. The zero-order valence-electron chi connectivity index (χ0n) is 11.6. The predicted octanol–water partition coefficient (Wildman–Crippen LogP) is 1.67. The summed E-state index contributed by atoms with van der Waals surface area (Å²) in [7, 11) is 3.11. The summed E-state index contributed by atoms with van der Waals surface area (Å²) >= 11 is 0. The van der Waals surface area contributed by atoms with Crippen LogP contribution in [0.15, 0.2) is 12.4 Å². The summed E-state index contributed by atoms with van der Waals surface area (Å²) in [5.41, 5.74) is -0.974. The SMILES string of the molecule is CN(C)C(=O)Cn1cc(Nc2c(F)c(F)nc(F)c2F)cn1. The van der Waals surface area contributed by atoms with Crippen molar-refractivity contribution < 1.29 is 22.4 Å². The molecular weight excluding hydrogens is 306 g/mol. The van der Waals surface area contributed by atoms with Gasteiger partial charge in [-0.1, -0.05) is 0 Å². The second-order valence-electron chi connectivity index (χ2n) is 4.54. The van der Waals surface area contributed by atoms with Crippen LogP contribution < -0.4 is 5.32 Å². The maximum atomic E-state index is 13.5. The van der Waals surface area contributed by atoms with E-state index in [0.29, 0.717) is 0 Å². The third-order valence-electron chi connectivity index (χ3n) is 2.70. The van der Waals surface area contributed by atoms with Gasteiger partial charge >= 0.3 is 0 Å². The lowest BCUT2D eigenvalue weighted by atomic mass is 10.3. The lowest BCUT2D eigenvalue weighted by Crippen LogP contribution is -2.26. The summed E-state index contributed by atoms with van der Waals surface area (Å²) in [6.07, 6.45) is 2.41. The monoisotopic (exact) mass is 317 g/mol. The fraction of sp³-hybridized carbons (Fsp3) is 0.250. The Bertz CT molecular complexity index is 690. The number of aromatic nitrogens is 3. The first-order valence-electron chi connectivity index (χ1n) is 5.99. The van der Waals surface area contributed by atoms with Gasteiger partial charge in [-0.25, -0.2) is 0 Å². The summed E-state index contributed by atoms with van der Waals surface area (Å²) in [6, 6.07) is 0. The Hall–Kier alpha value is -2.65. The molecule has 10 heteroatoms. The number of likely N-dealkylation sites (N-methyl/N-ethyl adjacent to an activating group) is 1. The number of nitrogens with zero attached hydrogens (tertiary/aromatic N) is 4. The summed E-state index contributed by atoms with van der Waals surface area (Å²) in [6.45, 7) is -0.0985. The van der Waals surface area contributed by atoms with E-state index in [1.165, 1.54) is 15.8 Å². The van der Waals surface area contributed by atoms with Gasteiger partial charge in [-0.3, -0.25) is 9.48 Å². The largest absolute Gasteiger partial charge is 0.348 e. The maximum Gasteiger partial charge on any atom is 0.253 e. The Morgan fingerprint density at radius 2 is 1.82 bits per heavy atom. The fourth-order valence-electron chi connectivity index (χ4n) is 1.54. The number of hydrogen-bond donors (Lipinski definition) is 1. The van der Waals surface area contributed by atoms with Crippen LogP contribution in [0.5, 0.6) is 0 Å². The van der Waals surface area contributed by atoms with Crippen LogP contribution in [0.1, 0.15) is 0 Å². The van der Waals surface area contributed by atoms with E-state index in [1.807, 2.05) is 0 Å². The van der Waals surface area contributed by atoms with Crippen molar-refractivity contribution in [3.63, 3.8) is 0 Å². The number of rotatable bonds is 4. The van der Waals surface area contributed by atoms with Gasteiger partial charge < -0.3 is 10.2 Å². The van der Waals surface area contributed by atoms with E-state index < -0.39 is 29.2 Å². The number of pyridine rings is 1. The van der Waals surface area contributed by atoms with Crippen molar-refractivity contribution >= 4 is 17.3 Å². The van der Waals surface area contributed by atoms with Crippen LogP contribution in [-0.4, -0.2) is 39.7 Å². The number of hydrogen-bond acceptors (Lipinski definition) is 4. The van der Waals surface area contributed by atoms with E-state index in [9.17, 15) is 22.4 Å². The molecule has 22 heavy (non-hydrogen) atoms. The zero-order chi connectivity index (χ0) is 16.4. The molecule has 2 aromatic heterocycles. The third kappa shape index (κ3) is 3.15. The number of amides is 1. The highest BCUT2D eigenvalue weighted by Crippen LogP contribution is 2.25. The molecule has 0 aliphatic carbocycles. The van der Waals surface area contributed by atoms with Gasteiger partial charge in [0, 0.05) is 20.3 Å². The minimum atomic E-state index is -1.77. The van der Waals surface area contributed by atoms with Crippen LogP contribution in [0.4, 0.5) is 28.9 Å². The zero-order valence-corrected chi connectivity index (χ0v) is 11.6. The molecule has 2 heterocycles. The smallest absolute Gasteiger partial charge is 0.253 e. The van der Waals surface area contributed by atoms with Crippen LogP contribution in [0.2, 0.25) is 0 Å². The van der Waals surface area contributed by atoms with Gasteiger partial charge in [0.25, 0.3) is 11.9 Å². The van der Waals surface area contributed by atoms with Crippen LogP contribution in [0.3, 0.4) is 0 Å². The average molecular weight is 317 g/mol. The Labute approximate surface area is 122 Å². The highest BCUT2D eigenvalue weighted by Gasteiger charge is 2.21. The van der Waals surface area contributed by atoms with Crippen molar-refractivity contribution in [2.45, 2.75) is 6.54 Å². The van der Waals surface area contributed by atoms with Crippen molar-refractivity contribution in [2.75, 3.05) is 19.4 Å². The minimum absolute atomic E-state index is 0.0503. The van der Waals surface area contributed by atoms with Crippen molar-refractivity contribution in [2.24, 2.45) is 0 Å². The Kier molecular flexibility index (Phi) is 4.29. The molecule has 0 saturated carbocycles. The van der Waals surface area contributed by atoms with E-state index in [0.717, 1.165) is 6.20 Å². The van der Waals surface area contributed by atoms with Gasteiger partial charge in [-0.15, -0.1) is 0 Å². The molecule has 2 rings (SSSR count). The van der Waals surface area contributed by atoms with Crippen LogP contribution in [0, 0.1) is 23.5 Å². The van der Waals surface area contributed by atoms with Gasteiger partial charge in [-0.2, -0.15) is 27.6 Å². The van der Waals surface area contributed by atoms with Gasteiger partial charge in [0.2, 0.25) is 17.5 Å². The Morgan fingerprint density at radius 1 is 1.23 bits per heavy atom. The van der Waals surface area contributed by atoms with Gasteiger partial charge in [-0.05, 0) is 0 Å². The Morgan fingerprint density at radius 3 is 2.36 bits per heavy atom. The van der Waals surface area contributed by atoms with Crippen molar-refractivity contribution in [3.8, 4) is 0 Å². The first-order chi connectivity index (χ1) is 10.3. The van der Waals surface area contributed by atoms with E-state index in [1.54, 1.807) is 14.1 Å². The first-order valence-corrected chi connectivity index (χ1v) is 5.99. The van der Waals surface area contributed by atoms with E-state index in [4.69, 9.17) is 0 Å². The molecule has 0 bridgehead atoms. The number of nitrogens with one attached hydrogen (secondary N) is 1. The topological polar surface area (TPSA) is 63.1 Å². The number of halogens is 4. The average Bonchev–Trinajstić information content (AvgIpc) is 2.88. The number of carbonyl (C=O) groups excluding carboxylic acids is 1. The van der Waals surface area contributed by atoms with Crippen molar-refractivity contribution in [1.82, 2.24) is 19.7 Å². The van der Waals surface area contributed by atoms with Crippen LogP contribution in [-0.2, 0) is 11.3 Å². The second kappa shape index (κ2) is 6.00. The molecule has 0 aliphatic heterocycles. The molecule has 0 atom stereocenters. The summed E-state index contributed by atoms with van der Waals surface area (Å²) in [5, 5.41) is 5.96. The molecule has 0 aliphatic rings. The lowest BCUT2D eigenvalue weighted by Gasteiger charge is -2.09. The molecule has 0 unspecified atom stereocenters. The maximum absolute atomic E-state index is 13.5. The molecular formula is C12H11F4N5O. The summed E-state index contributed by atoms with van der Waals surface area (Å²) in [5.74, 6) is -7.10. The number of carbonyl (C=O) groups is 1. The van der Waals surface area contributed by atoms with E-state index in [2.05, 4.69) is 15.4 Å². The van der Waals surface area contributed by atoms with Crippen molar-refractivity contribution in [1.29, 1.82) is 0 Å². The van der Waals surface area contributed by atoms with Gasteiger partial charge in [0.15, 0.2) is 0 Å². The normalized spacial score (nSPS) is 10.6. The molecule has 0 fully saturated rings. The van der Waals surface area contributed by atoms with Crippen LogP contribution >= 0.6 is 0 Å². The lowest BCUT2D eigenvalue weighted by molar-refractivity contribution is -0.129. The molecule has 0 spiro atoms. The van der Waals surface area contributed by atoms with Gasteiger partial charge in [0.1, 0.15) is 12.2 Å². The fourth-order valence-corrected chi connectivity index (χ4v) is 1.54. The molecule has 118 valence electrons. The summed E-state index contributed by atoms with van der Waals surface area (Å²) in [4.78, 5) is 15.3. The Balaban J connectivity index is 2.23. The molecule has 1 amide bonds. The summed E-state index contributed by atoms with van der Waals surface area (Å²) < 4.78 is 54.1. The van der Waals surface area contributed by atoms with Crippen LogP contribution in [0.25, 0.3) is 0 Å². The highest BCUT2D eigenvalue weighted by molar-refractivity contribution is 5.75. The van der Waals surface area contributed by atoms with Gasteiger partial charge in [0.05, 0.1) is 11.9 Å². The first kappa shape index (κ1) is 15.7. The highest BCUT2D eigenvalue weighted by atomic mass is 19.2. The second-order valence-corrected chi connectivity index (χ2v) is 4.54.